The van der Waals surface area contributed by atoms with Gasteiger partial charge in [0.2, 0.25) is 5.91 Å². The van der Waals surface area contributed by atoms with Gasteiger partial charge >= 0.3 is 0 Å². The maximum atomic E-state index is 12.7. The van der Waals surface area contributed by atoms with Crippen molar-refractivity contribution in [2.24, 2.45) is 5.92 Å². The molecule has 2 amide bonds. The second kappa shape index (κ2) is 6.75. The van der Waals surface area contributed by atoms with Crippen molar-refractivity contribution < 1.29 is 14.0 Å². The Morgan fingerprint density at radius 3 is 2.72 bits per heavy atom. The molecular formula is C20H22N2O3. The van der Waals surface area contributed by atoms with Gasteiger partial charge in [-0.05, 0) is 36.5 Å². The third kappa shape index (κ3) is 3.18. The van der Waals surface area contributed by atoms with Crippen molar-refractivity contribution in [2.45, 2.75) is 31.8 Å². The summed E-state index contributed by atoms with van der Waals surface area (Å²) in [6, 6.07) is 13.6. The van der Waals surface area contributed by atoms with E-state index in [1.807, 2.05) is 40.1 Å². The van der Waals surface area contributed by atoms with Gasteiger partial charge in [0.1, 0.15) is 0 Å². The number of furan rings is 1. The van der Waals surface area contributed by atoms with Crippen LogP contribution in [0.3, 0.4) is 0 Å². The summed E-state index contributed by atoms with van der Waals surface area (Å²) in [4.78, 5) is 29.1. The maximum absolute atomic E-state index is 12.7. The zero-order chi connectivity index (χ0) is 17.2. The lowest BCUT2D eigenvalue weighted by Crippen LogP contribution is -2.43. The van der Waals surface area contributed by atoms with Crippen molar-refractivity contribution in [1.82, 2.24) is 9.80 Å². The second-order valence-corrected chi connectivity index (χ2v) is 6.91. The molecule has 0 unspecified atom stereocenters. The predicted molar refractivity (Wildman–Crippen MR) is 92.7 cm³/mol. The van der Waals surface area contributed by atoms with Crippen molar-refractivity contribution in [2.75, 3.05) is 13.1 Å². The fraction of sp³-hybridized carbons (Fsp3) is 0.400. The molecule has 25 heavy (non-hydrogen) atoms. The van der Waals surface area contributed by atoms with Crippen molar-refractivity contribution in [1.29, 1.82) is 0 Å². The zero-order valence-corrected chi connectivity index (χ0v) is 14.1. The lowest BCUT2D eigenvalue weighted by Gasteiger charge is -2.30. The first-order chi connectivity index (χ1) is 12.2. The van der Waals surface area contributed by atoms with E-state index in [-0.39, 0.29) is 17.9 Å². The summed E-state index contributed by atoms with van der Waals surface area (Å²) in [7, 11) is 0. The molecule has 3 heterocycles. The van der Waals surface area contributed by atoms with Gasteiger partial charge in [0.05, 0.1) is 12.3 Å². The minimum atomic E-state index is -0.0785. The topological polar surface area (TPSA) is 53.8 Å². The molecule has 2 atom stereocenters. The van der Waals surface area contributed by atoms with E-state index < -0.39 is 0 Å². The Morgan fingerprint density at radius 1 is 1.12 bits per heavy atom. The molecule has 2 saturated heterocycles. The molecule has 0 N–H and O–H groups in total. The molecule has 130 valence electrons. The second-order valence-electron chi connectivity index (χ2n) is 6.91. The third-order valence-electron chi connectivity index (χ3n) is 5.31. The minimum Gasteiger partial charge on any atom is -0.459 e. The molecule has 0 aliphatic carbocycles. The van der Waals surface area contributed by atoms with Gasteiger partial charge in [0, 0.05) is 26.1 Å². The lowest BCUT2D eigenvalue weighted by atomic mass is 9.98. The van der Waals surface area contributed by atoms with Gasteiger partial charge in [-0.3, -0.25) is 9.59 Å². The first kappa shape index (κ1) is 15.9. The van der Waals surface area contributed by atoms with Crippen LogP contribution in [-0.4, -0.2) is 40.7 Å². The molecule has 0 saturated carbocycles. The van der Waals surface area contributed by atoms with Gasteiger partial charge in [-0.25, -0.2) is 0 Å². The molecule has 5 nitrogen and oxygen atoms in total. The number of nitrogens with zero attached hydrogens (tertiary/aromatic N) is 2. The molecule has 0 spiro atoms. The van der Waals surface area contributed by atoms with E-state index >= 15 is 0 Å². The number of fused-ring (bicyclic) bond motifs is 1. The summed E-state index contributed by atoms with van der Waals surface area (Å²) >= 11 is 0. The standard InChI is InChI=1S/C20H22N2O3/c23-19-10-4-8-16-13-21(20(24)18-9-5-11-25-18)14-17(16)22(19)12-15-6-2-1-3-7-15/h1-3,5-7,9,11,16-17H,4,8,10,12-14H2/t16-,17+/m1/s1. The summed E-state index contributed by atoms with van der Waals surface area (Å²) in [5, 5.41) is 0. The molecule has 2 aliphatic heterocycles. The highest BCUT2D eigenvalue weighted by Gasteiger charge is 2.42. The van der Waals surface area contributed by atoms with Crippen LogP contribution in [0.1, 0.15) is 35.4 Å². The largest absolute Gasteiger partial charge is 0.459 e. The Hall–Kier alpha value is -2.56. The lowest BCUT2D eigenvalue weighted by molar-refractivity contribution is -0.133. The van der Waals surface area contributed by atoms with E-state index in [0.29, 0.717) is 37.7 Å². The van der Waals surface area contributed by atoms with Crippen molar-refractivity contribution in [3.8, 4) is 0 Å². The Kier molecular flexibility index (Phi) is 4.30. The van der Waals surface area contributed by atoms with Gasteiger partial charge < -0.3 is 14.2 Å². The SMILES string of the molecule is O=C(c1ccco1)N1C[C@H]2CCCC(=O)N(Cc3ccccc3)[C@H]2C1. The van der Waals surface area contributed by atoms with E-state index in [4.69, 9.17) is 4.42 Å². The summed E-state index contributed by atoms with van der Waals surface area (Å²) in [5.41, 5.74) is 1.13. The van der Waals surface area contributed by atoms with Crippen molar-refractivity contribution >= 4 is 11.8 Å². The van der Waals surface area contributed by atoms with Crippen molar-refractivity contribution in [3.05, 3.63) is 60.1 Å². The van der Waals surface area contributed by atoms with Gasteiger partial charge in [-0.1, -0.05) is 30.3 Å². The highest BCUT2D eigenvalue weighted by molar-refractivity contribution is 5.91. The molecule has 0 radical (unpaired) electrons. The molecule has 2 aromatic rings. The fourth-order valence-corrected chi connectivity index (χ4v) is 4.04. The number of amides is 2. The van der Waals surface area contributed by atoms with Crippen molar-refractivity contribution in [3.63, 3.8) is 0 Å². The van der Waals surface area contributed by atoms with E-state index in [9.17, 15) is 9.59 Å². The van der Waals surface area contributed by atoms with Crippen LogP contribution < -0.4 is 0 Å². The highest BCUT2D eigenvalue weighted by Crippen LogP contribution is 2.32. The smallest absolute Gasteiger partial charge is 0.289 e. The van der Waals surface area contributed by atoms with Gasteiger partial charge in [-0.15, -0.1) is 0 Å². The number of rotatable bonds is 3. The first-order valence-electron chi connectivity index (χ1n) is 8.88. The van der Waals surface area contributed by atoms with E-state index in [1.165, 1.54) is 6.26 Å². The molecule has 4 rings (SSSR count). The van der Waals surface area contributed by atoms with Crippen LogP contribution in [0.4, 0.5) is 0 Å². The zero-order valence-electron chi connectivity index (χ0n) is 14.1. The molecular weight excluding hydrogens is 316 g/mol. The summed E-state index contributed by atoms with van der Waals surface area (Å²) in [5.74, 6) is 0.834. The van der Waals surface area contributed by atoms with Crippen LogP contribution in [0.25, 0.3) is 0 Å². The van der Waals surface area contributed by atoms with Crippen LogP contribution in [-0.2, 0) is 11.3 Å². The molecule has 1 aromatic carbocycles. The van der Waals surface area contributed by atoms with E-state index in [2.05, 4.69) is 0 Å². The number of hydrogen-bond acceptors (Lipinski definition) is 3. The number of carbonyl (C=O) groups is 2. The number of likely N-dealkylation sites (tertiary alicyclic amines) is 2. The molecule has 2 fully saturated rings. The maximum Gasteiger partial charge on any atom is 0.289 e. The number of carbonyl (C=O) groups excluding carboxylic acids is 2. The van der Waals surface area contributed by atoms with Gasteiger partial charge in [0.15, 0.2) is 5.76 Å². The average molecular weight is 338 g/mol. The Labute approximate surface area is 147 Å². The quantitative estimate of drug-likeness (QED) is 0.865. The van der Waals surface area contributed by atoms with Crippen LogP contribution in [0, 0.1) is 5.92 Å². The molecule has 0 bridgehead atoms. The third-order valence-corrected chi connectivity index (χ3v) is 5.31. The fourth-order valence-electron chi connectivity index (χ4n) is 4.04. The molecule has 1 aromatic heterocycles. The summed E-state index contributed by atoms with van der Waals surface area (Å²) < 4.78 is 5.26. The monoisotopic (exact) mass is 338 g/mol. The predicted octanol–water partition coefficient (Wildman–Crippen LogP) is 2.93. The Balaban J connectivity index is 1.55. The molecule has 5 heteroatoms. The Morgan fingerprint density at radius 2 is 1.96 bits per heavy atom. The van der Waals surface area contributed by atoms with Gasteiger partial charge in [0.25, 0.3) is 5.91 Å². The van der Waals surface area contributed by atoms with E-state index in [0.717, 1.165) is 18.4 Å². The normalized spacial score (nSPS) is 23.4. The van der Waals surface area contributed by atoms with Gasteiger partial charge in [-0.2, -0.15) is 0 Å². The van der Waals surface area contributed by atoms with E-state index in [1.54, 1.807) is 12.1 Å². The molecule has 2 aliphatic rings. The summed E-state index contributed by atoms with van der Waals surface area (Å²) in [6.07, 6.45) is 4.01. The number of hydrogen-bond donors (Lipinski definition) is 0. The average Bonchev–Trinajstić information content (AvgIpc) is 3.28. The van der Waals surface area contributed by atoms with Crippen LogP contribution in [0.2, 0.25) is 0 Å². The summed E-state index contributed by atoms with van der Waals surface area (Å²) in [6.45, 7) is 1.90. The van der Waals surface area contributed by atoms with Crippen LogP contribution in [0.5, 0.6) is 0 Å². The minimum absolute atomic E-state index is 0.0785. The Bertz CT molecular complexity index is 742. The van der Waals surface area contributed by atoms with Crippen LogP contribution in [0.15, 0.2) is 53.1 Å². The first-order valence-corrected chi connectivity index (χ1v) is 8.88. The highest BCUT2D eigenvalue weighted by atomic mass is 16.3. The van der Waals surface area contributed by atoms with Crippen LogP contribution >= 0.6 is 0 Å². The number of benzene rings is 1.